The summed E-state index contributed by atoms with van der Waals surface area (Å²) in [4.78, 5) is 13.1. The van der Waals surface area contributed by atoms with Crippen molar-refractivity contribution in [1.29, 1.82) is 0 Å². The Kier molecular flexibility index (Phi) is 4.10. The predicted octanol–water partition coefficient (Wildman–Crippen LogP) is 0.620. The minimum Gasteiger partial charge on any atom is -0.378 e. The summed E-state index contributed by atoms with van der Waals surface area (Å²) in [5.74, 6) is -0.223. The van der Waals surface area contributed by atoms with Crippen molar-refractivity contribution >= 4 is 29.3 Å². The number of carbonyl (C=O) groups excluding carboxylic acids is 1. The molecule has 0 aromatic carbocycles. The topological polar surface area (TPSA) is 137 Å². The van der Waals surface area contributed by atoms with Crippen molar-refractivity contribution in [3.05, 3.63) is 33.8 Å². The Balaban J connectivity index is 1.81. The van der Waals surface area contributed by atoms with Crippen molar-refractivity contribution in [2.24, 2.45) is 5.10 Å². The van der Waals surface area contributed by atoms with Gasteiger partial charge in [-0.25, -0.2) is 10.1 Å². The second-order valence-corrected chi connectivity index (χ2v) is 5.32. The molecule has 0 aliphatic rings. The van der Waals surface area contributed by atoms with Gasteiger partial charge in [0, 0.05) is 4.88 Å². The third kappa shape index (κ3) is 2.94. The molecule has 3 N–H and O–H groups in total. The van der Waals surface area contributed by atoms with Crippen molar-refractivity contribution < 1.29 is 9.42 Å². The Morgan fingerprint density at radius 3 is 3.09 bits per heavy atom. The fraction of sp³-hybridized carbons (Fsp3) is 0.167. The number of carbonyl (C=O) groups is 1. The SMILES string of the molecule is CCc1c(C(=O)NN=Cc2cccs2)nnn1-c1nonc1N. The van der Waals surface area contributed by atoms with Crippen LogP contribution < -0.4 is 11.2 Å². The molecule has 0 saturated carbocycles. The molecular formula is C12H12N8O2S. The van der Waals surface area contributed by atoms with Gasteiger partial charge < -0.3 is 5.73 Å². The smallest absolute Gasteiger partial charge is 0.293 e. The van der Waals surface area contributed by atoms with Gasteiger partial charge in [0.1, 0.15) is 0 Å². The van der Waals surface area contributed by atoms with Gasteiger partial charge >= 0.3 is 0 Å². The van der Waals surface area contributed by atoms with Gasteiger partial charge in [-0.05, 0) is 28.2 Å². The van der Waals surface area contributed by atoms with Crippen molar-refractivity contribution in [2.45, 2.75) is 13.3 Å². The molecule has 1 amide bonds. The first-order chi connectivity index (χ1) is 11.2. The predicted molar refractivity (Wildman–Crippen MR) is 82.4 cm³/mol. The Hall–Kier alpha value is -3.08. The van der Waals surface area contributed by atoms with Crippen LogP contribution in [0.4, 0.5) is 5.82 Å². The lowest BCUT2D eigenvalue weighted by atomic mass is 10.2. The third-order valence-corrected chi connectivity index (χ3v) is 3.72. The second kappa shape index (κ2) is 6.36. The summed E-state index contributed by atoms with van der Waals surface area (Å²) in [5.41, 5.74) is 8.71. The van der Waals surface area contributed by atoms with Crippen LogP contribution in [0.25, 0.3) is 5.82 Å². The fourth-order valence-corrected chi connectivity index (χ4v) is 2.46. The third-order valence-electron chi connectivity index (χ3n) is 2.91. The molecule has 0 bridgehead atoms. The zero-order valence-electron chi connectivity index (χ0n) is 12.0. The molecule has 10 nitrogen and oxygen atoms in total. The summed E-state index contributed by atoms with van der Waals surface area (Å²) in [7, 11) is 0. The average Bonchev–Trinajstić information content (AvgIpc) is 3.26. The molecule has 23 heavy (non-hydrogen) atoms. The van der Waals surface area contributed by atoms with E-state index in [2.05, 4.69) is 35.8 Å². The number of amides is 1. The standard InChI is InChI=1S/C12H12N8O2S/c1-2-8-9(12(21)16-14-6-7-4-3-5-23-7)15-19-20(8)11-10(13)17-22-18-11/h3-6H,2H2,1H3,(H2,13,17)(H,16,21). The highest BCUT2D eigenvalue weighted by molar-refractivity contribution is 7.11. The molecular weight excluding hydrogens is 320 g/mol. The maximum absolute atomic E-state index is 12.2. The van der Waals surface area contributed by atoms with Gasteiger partial charge in [0.15, 0.2) is 5.69 Å². The van der Waals surface area contributed by atoms with Crippen LogP contribution >= 0.6 is 11.3 Å². The molecule has 3 heterocycles. The van der Waals surface area contributed by atoms with Gasteiger partial charge in [-0.15, -0.1) is 16.4 Å². The van der Waals surface area contributed by atoms with E-state index in [4.69, 9.17) is 5.73 Å². The first kappa shape index (κ1) is 14.8. The summed E-state index contributed by atoms with van der Waals surface area (Å²) in [6.07, 6.45) is 2.04. The first-order valence-electron chi connectivity index (χ1n) is 6.60. The highest BCUT2D eigenvalue weighted by atomic mass is 32.1. The average molecular weight is 332 g/mol. The summed E-state index contributed by atoms with van der Waals surface area (Å²) >= 11 is 1.51. The minimum atomic E-state index is -0.476. The molecule has 3 aromatic rings. The molecule has 0 unspecified atom stereocenters. The zero-order chi connectivity index (χ0) is 16.2. The van der Waals surface area contributed by atoms with Gasteiger partial charge in [0.25, 0.3) is 5.91 Å². The highest BCUT2D eigenvalue weighted by Gasteiger charge is 2.22. The monoisotopic (exact) mass is 332 g/mol. The zero-order valence-corrected chi connectivity index (χ0v) is 12.8. The van der Waals surface area contributed by atoms with E-state index in [1.54, 1.807) is 6.21 Å². The number of nitrogens with one attached hydrogen (secondary N) is 1. The number of thiophene rings is 1. The lowest BCUT2D eigenvalue weighted by Crippen LogP contribution is -2.20. The molecule has 3 rings (SSSR count). The molecule has 3 aromatic heterocycles. The molecule has 0 atom stereocenters. The summed E-state index contributed by atoms with van der Waals surface area (Å²) in [6, 6.07) is 3.78. The van der Waals surface area contributed by atoms with Gasteiger partial charge in [0.05, 0.1) is 11.9 Å². The maximum atomic E-state index is 12.2. The highest BCUT2D eigenvalue weighted by Crippen LogP contribution is 2.16. The molecule has 0 fully saturated rings. The van der Waals surface area contributed by atoms with E-state index in [0.717, 1.165) is 4.88 Å². The van der Waals surface area contributed by atoms with Crippen LogP contribution in [-0.2, 0) is 6.42 Å². The van der Waals surface area contributed by atoms with Crippen molar-refractivity contribution in [3.63, 3.8) is 0 Å². The normalized spacial score (nSPS) is 11.2. The van der Waals surface area contributed by atoms with Crippen LogP contribution in [0.3, 0.4) is 0 Å². The van der Waals surface area contributed by atoms with Crippen molar-refractivity contribution in [3.8, 4) is 5.82 Å². The fourth-order valence-electron chi connectivity index (χ4n) is 1.88. The van der Waals surface area contributed by atoms with E-state index < -0.39 is 5.91 Å². The number of nitrogen functional groups attached to an aromatic ring is 1. The minimum absolute atomic E-state index is 0.0623. The molecule has 0 aliphatic carbocycles. The molecule has 0 saturated heterocycles. The van der Waals surface area contributed by atoms with Crippen LogP contribution in [-0.4, -0.2) is 37.4 Å². The van der Waals surface area contributed by atoms with E-state index in [1.807, 2.05) is 24.4 Å². The van der Waals surface area contributed by atoms with E-state index in [0.29, 0.717) is 12.1 Å². The van der Waals surface area contributed by atoms with Crippen molar-refractivity contribution in [1.82, 2.24) is 30.7 Å². The molecule has 118 valence electrons. The molecule has 0 aliphatic heterocycles. The molecule has 0 radical (unpaired) electrons. The second-order valence-electron chi connectivity index (χ2n) is 4.34. The Morgan fingerprint density at radius 1 is 1.57 bits per heavy atom. The van der Waals surface area contributed by atoms with Crippen molar-refractivity contribution in [2.75, 3.05) is 5.73 Å². The van der Waals surface area contributed by atoms with Gasteiger partial charge in [-0.3, -0.25) is 4.79 Å². The lowest BCUT2D eigenvalue weighted by Gasteiger charge is -2.01. The number of nitrogens with zero attached hydrogens (tertiary/aromatic N) is 6. The Labute approximate surface area is 133 Å². The van der Waals surface area contributed by atoms with Gasteiger partial charge in [0.2, 0.25) is 11.6 Å². The lowest BCUT2D eigenvalue weighted by molar-refractivity contribution is 0.0949. The summed E-state index contributed by atoms with van der Waals surface area (Å²) in [6.45, 7) is 1.85. The largest absolute Gasteiger partial charge is 0.378 e. The van der Waals surface area contributed by atoms with Crippen LogP contribution in [0.15, 0.2) is 27.2 Å². The number of rotatable bonds is 5. The number of hydrogen-bond acceptors (Lipinski definition) is 9. The quantitative estimate of drug-likeness (QED) is 0.516. The van der Waals surface area contributed by atoms with Crippen LogP contribution in [0.5, 0.6) is 0 Å². The van der Waals surface area contributed by atoms with Gasteiger partial charge in [-0.1, -0.05) is 18.2 Å². The van der Waals surface area contributed by atoms with Gasteiger partial charge in [-0.2, -0.15) is 9.78 Å². The summed E-state index contributed by atoms with van der Waals surface area (Å²) < 4.78 is 5.86. The van der Waals surface area contributed by atoms with E-state index in [1.165, 1.54) is 16.0 Å². The van der Waals surface area contributed by atoms with Crippen LogP contribution in [0.1, 0.15) is 28.0 Å². The number of aromatic nitrogens is 5. The number of hydrogen-bond donors (Lipinski definition) is 2. The summed E-state index contributed by atoms with van der Waals surface area (Å²) in [5, 5.41) is 20.7. The Bertz CT molecular complexity index is 835. The van der Waals surface area contributed by atoms with Crippen LogP contribution in [0.2, 0.25) is 0 Å². The first-order valence-corrected chi connectivity index (χ1v) is 7.48. The molecule has 11 heteroatoms. The number of hydrazone groups is 1. The van der Waals surface area contributed by atoms with Crippen LogP contribution in [0, 0.1) is 0 Å². The van der Waals surface area contributed by atoms with E-state index in [9.17, 15) is 4.79 Å². The van der Waals surface area contributed by atoms with E-state index >= 15 is 0 Å². The Morgan fingerprint density at radius 2 is 2.43 bits per heavy atom. The molecule has 0 spiro atoms. The number of anilines is 1. The number of nitrogens with two attached hydrogens (primary N) is 1. The van der Waals surface area contributed by atoms with E-state index in [-0.39, 0.29) is 17.3 Å². The maximum Gasteiger partial charge on any atom is 0.293 e.